The minimum absolute atomic E-state index is 0.220. The second kappa shape index (κ2) is 4.00. The Morgan fingerprint density at radius 1 is 1.46 bits per heavy atom. The molecule has 2 rings (SSSR count). The van der Waals surface area contributed by atoms with Crippen LogP contribution in [0.4, 0.5) is 0 Å². The van der Waals surface area contributed by atoms with Crippen LogP contribution in [0, 0.1) is 5.41 Å². The number of ether oxygens (including phenoxy) is 1. The molecule has 2 unspecified atom stereocenters. The molecule has 0 amide bonds. The van der Waals surface area contributed by atoms with Gasteiger partial charge in [0.25, 0.3) is 0 Å². The summed E-state index contributed by atoms with van der Waals surface area (Å²) < 4.78 is 5.97. The van der Waals surface area contributed by atoms with Crippen molar-refractivity contribution in [2.75, 3.05) is 39.5 Å². The summed E-state index contributed by atoms with van der Waals surface area (Å²) >= 11 is 2.45. The van der Waals surface area contributed by atoms with Crippen LogP contribution in [0.1, 0.15) is 6.42 Å². The van der Waals surface area contributed by atoms with Crippen LogP contribution in [0.25, 0.3) is 0 Å². The average molecular weight is 297 g/mol. The number of alkyl halides is 1. The van der Waals surface area contributed by atoms with E-state index < -0.39 is 0 Å². The molecule has 1 aliphatic carbocycles. The van der Waals surface area contributed by atoms with Crippen molar-refractivity contribution in [1.82, 2.24) is 4.90 Å². The molecule has 0 aromatic heterocycles. The Morgan fingerprint density at radius 3 is 2.54 bits per heavy atom. The highest BCUT2D eigenvalue weighted by atomic mass is 127. The van der Waals surface area contributed by atoms with Gasteiger partial charge in [-0.3, -0.25) is 4.90 Å². The minimum Gasteiger partial charge on any atom is -0.396 e. The van der Waals surface area contributed by atoms with Crippen molar-refractivity contribution < 1.29 is 9.84 Å². The van der Waals surface area contributed by atoms with Gasteiger partial charge in [0, 0.05) is 29.0 Å². The van der Waals surface area contributed by atoms with Crippen LogP contribution in [0.2, 0.25) is 0 Å². The van der Waals surface area contributed by atoms with Crippen LogP contribution >= 0.6 is 22.6 Å². The van der Waals surface area contributed by atoms with Crippen molar-refractivity contribution in [3.05, 3.63) is 0 Å². The summed E-state index contributed by atoms with van der Waals surface area (Å²) in [6.07, 6.45) is 1.18. The highest BCUT2D eigenvalue weighted by Gasteiger charge is 2.52. The normalized spacial score (nSPS) is 40.6. The molecule has 1 aliphatic heterocycles. The fraction of sp³-hybridized carbons (Fsp3) is 1.00. The molecule has 1 saturated carbocycles. The van der Waals surface area contributed by atoms with Gasteiger partial charge in [-0.1, -0.05) is 22.6 Å². The summed E-state index contributed by atoms with van der Waals surface area (Å²) in [7, 11) is 0. The number of aliphatic hydroxyl groups is 1. The minimum atomic E-state index is 0.220. The van der Waals surface area contributed by atoms with E-state index in [2.05, 4.69) is 27.5 Å². The summed E-state index contributed by atoms with van der Waals surface area (Å²) in [5.74, 6) is 0. The zero-order valence-corrected chi connectivity index (χ0v) is 9.87. The number of hydrogen-bond acceptors (Lipinski definition) is 3. The number of hydrogen-bond donors (Lipinski definition) is 1. The fourth-order valence-corrected chi connectivity index (χ4v) is 3.15. The van der Waals surface area contributed by atoms with E-state index in [9.17, 15) is 5.11 Å². The summed E-state index contributed by atoms with van der Waals surface area (Å²) in [5, 5.41) is 9.29. The van der Waals surface area contributed by atoms with E-state index in [1.165, 1.54) is 6.42 Å². The van der Waals surface area contributed by atoms with Gasteiger partial charge in [-0.15, -0.1) is 0 Å². The molecular formula is C9H16INO2. The monoisotopic (exact) mass is 297 g/mol. The first kappa shape index (κ1) is 10.1. The predicted octanol–water partition coefficient (Wildman–Crippen LogP) is 0.505. The molecule has 3 nitrogen and oxygen atoms in total. The van der Waals surface area contributed by atoms with Crippen molar-refractivity contribution in [2.45, 2.75) is 10.3 Å². The van der Waals surface area contributed by atoms with Crippen molar-refractivity contribution in [1.29, 1.82) is 0 Å². The zero-order chi connectivity index (χ0) is 9.31. The summed E-state index contributed by atoms with van der Waals surface area (Å²) in [6.45, 7) is 5.18. The first-order valence-electron chi connectivity index (χ1n) is 4.82. The van der Waals surface area contributed by atoms with Crippen LogP contribution in [0.5, 0.6) is 0 Å². The highest BCUT2D eigenvalue weighted by Crippen LogP contribution is 2.51. The van der Waals surface area contributed by atoms with Gasteiger partial charge in [-0.25, -0.2) is 0 Å². The van der Waals surface area contributed by atoms with Crippen LogP contribution in [-0.4, -0.2) is 53.4 Å². The fourth-order valence-electron chi connectivity index (χ4n) is 1.88. The summed E-state index contributed by atoms with van der Waals surface area (Å²) in [6, 6.07) is 0. The maximum atomic E-state index is 9.29. The van der Waals surface area contributed by atoms with Crippen LogP contribution in [-0.2, 0) is 4.74 Å². The topological polar surface area (TPSA) is 32.7 Å². The Morgan fingerprint density at radius 2 is 2.08 bits per heavy atom. The largest absolute Gasteiger partial charge is 0.396 e. The van der Waals surface area contributed by atoms with Crippen molar-refractivity contribution in [2.24, 2.45) is 5.41 Å². The Hall–Kier alpha value is 0.610. The molecule has 2 fully saturated rings. The number of aliphatic hydroxyl groups excluding tert-OH is 1. The second-order valence-corrected chi connectivity index (χ2v) is 5.58. The quantitative estimate of drug-likeness (QED) is 0.608. The van der Waals surface area contributed by atoms with E-state index in [1.807, 2.05) is 0 Å². The average Bonchev–Trinajstić information content (AvgIpc) is 2.79. The number of halogens is 1. The lowest BCUT2D eigenvalue weighted by Gasteiger charge is -2.30. The van der Waals surface area contributed by atoms with Gasteiger partial charge in [-0.05, 0) is 6.42 Å². The molecule has 0 radical (unpaired) electrons. The zero-order valence-electron chi connectivity index (χ0n) is 7.71. The molecule has 0 spiro atoms. The van der Waals surface area contributed by atoms with Crippen molar-refractivity contribution >= 4 is 22.6 Å². The number of morpholine rings is 1. The molecular weight excluding hydrogens is 281 g/mol. The van der Waals surface area contributed by atoms with Gasteiger partial charge in [0.1, 0.15) is 0 Å². The Kier molecular flexibility index (Phi) is 3.12. The van der Waals surface area contributed by atoms with Gasteiger partial charge in [-0.2, -0.15) is 0 Å². The van der Waals surface area contributed by atoms with E-state index in [-0.39, 0.29) is 5.41 Å². The van der Waals surface area contributed by atoms with Gasteiger partial charge in [0.2, 0.25) is 0 Å². The molecule has 0 aromatic rings. The third-order valence-electron chi connectivity index (χ3n) is 3.05. The molecule has 13 heavy (non-hydrogen) atoms. The third-order valence-corrected chi connectivity index (χ3v) is 4.81. The van der Waals surface area contributed by atoms with Gasteiger partial charge < -0.3 is 9.84 Å². The second-order valence-electron chi connectivity index (χ2n) is 4.08. The Bertz CT molecular complexity index is 180. The smallest absolute Gasteiger partial charge is 0.0594 e. The highest BCUT2D eigenvalue weighted by molar-refractivity contribution is 14.1. The first-order valence-corrected chi connectivity index (χ1v) is 6.06. The lowest BCUT2D eigenvalue weighted by atomic mass is 10.1. The van der Waals surface area contributed by atoms with Crippen molar-refractivity contribution in [3.63, 3.8) is 0 Å². The maximum Gasteiger partial charge on any atom is 0.0594 e. The number of rotatable bonds is 3. The van der Waals surface area contributed by atoms with Gasteiger partial charge in [0.05, 0.1) is 19.8 Å². The van der Waals surface area contributed by atoms with Crippen LogP contribution in [0.3, 0.4) is 0 Å². The lowest BCUT2D eigenvalue weighted by Crippen LogP contribution is -2.41. The van der Waals surface area contributed by atoms with Gasteiger partial charge >= 0.3 is 0 Å². The standard InChI is InChI=1S/C9H16INO2/c10-8-5-9(8,7-12)6-11-1-3-13-4-2-11/h8,12H,1-7H2. The van der Waals surface area contributed by atoms with Crippen LogP contribution in [0.15, 0.2) is 0 Å². The first-order chi connectivity index (χ1) is 6.27. The van der Waals surface area contributed by atoms with E-state index in [1.54, 1.807) is 0 Å². The molecule has 0 bridgehead atoms. The molecule has 2 atom stereocenters. The van der Waals surface area contributed by atoms with Crippen molar-refractivity contribution in [3.8, 4) is 0 Å². The molecule has 1 saturated heterocycles. The van der Waals surface area contributed by atoms with Gasteiger partial charge in [0.15, 0.2) is 0 Å². The molecule has 1 heterocycles. The summed E-state index contributed by atoms with van der Waals surface area (Å²) in [5.41, 5.74) is 0.220. The van der Waals surface area contributed by atoms with E-state index in [4.69, 9.17) is 4.74 Å². The SMILES string of the molecule is OCC1(CN2CCOCC2)CC1I. The molecule has 76 valence electrons. The summed E-state index contributed by atoms with van der Waals surface area (Å²) in [4.78, 5) is 2.42. The van der Waals surface area contributed by atoms with Crippen LogP contribution < -0.4 is 0 Å². The van der Waals surface area contributed by atoms with E-state index >= 15 is 0 Å². The van der Waals surface area contributed by atoms with E-state index in [0.29, 0.717) is 10.5 Å². The predicted molar refractivity (Wildman–Crippen MR) is 59.2 cm³/mol. The Labute approximate surface area is 92.6 Å². The molecule has 4 heteroatoms. The molecule has 2 aliphatic rings. The van der Waals surface area contributed by atoms with E-state index in [0.717, 1.165) is 32.8 Å². The maximum absolute atomic E-state index is 9.29. The Balaban J connectivity index is 1.82. The lowest BCUT2D eigenvalue weighted by molar-refractivity contribution is 0.0226. The number of nitrogens with zero attached hydrogens (tertiary/aromatic N) is 1. The molecule has 0 aromatic carbocycles. The third kappa shape index (κ3) is 2.16. The molecule has 1 N–H and O–H groups in total.